The van der Waals surface area contributed by atoms with Crippen LogP contribution in [0.4, 0.5) is 23.3 Å². The van der Waals surface area contributed by atoms with Crippen LogP contribution < -0.4 is 59.1 Å². The number of benzene rings is 3. The van der Waals surface area contributed by atoms with Gasteiger partial charge in [0, 0.05) is 54.8 Å². The molecular formula is C82H95Cl10N16O28P3. The van der Waals surface area contributed by atoms with Crippen LogP contribution in [0, 0.1) is 17.8 Å². The summed E-state index contributed by atoms with van der Waals surface area (Å²) in [5.41, 5.74) is 20.4. The molecule has 5 aliphatic rings. The minimum absolute atomic E-state index is 0.0111. The molecule has 0 bridgehead atoms. The first-order valence-electron chi connectivity index (χ1n) is 41.6. The first-order chi connectivity index (χ1) is 65.2. The van der Waals surface area contributed by atoms with E-state index < -0.39 is 203 Å². The van der Waals surface area contributed by atoms with Gasteiger partial charge < -0.3 is 105 Å². The fourth-order valence-corrected chi connectivity index (χ4v) is 22.9. The number of H-pyrrole nitrogens is 1. The third-order valence-electron chi connectivity index (χ3n) is 22.0. The first-order valence-corrected chi connectivity index (χ1v) is 50.6. The fraction of sp³-hybridized carbons (Fsp3) is 0.451. The molecule has 3 unspecified atom stereocenters. The number of nitrogens with zero attached hydrogens (tertiary/aromatic N) is 11. The van der Waals surface area contributed by atoms with E-state index in [2.05, 4.69) is 29.9 Å². The fourth-order valence-electron chi connectivity index (χ4n) is 14.0. The number of aliphatic hydroxyl groups is 7. The second-order valence-electron chi connectivity index (χ2n) is 32.2. The summed E-state index contributed by atoms with van der Waals surface area (Å²) in [6, 6.07) is 32.2. The van der Waals surface area contributed by atoms with Gasteiger partial charge in [0.25, 0.3) is 5.56 Å². The number of nitrogen functional groups attached to an aromatic ring is 4. The monoisotopic (exact) mass is 2190 g/mol. The molecule has 0 radical (unpaired) electrons. The molecule has 3 aromatic carbocycles. The lowest BCUT2D eigenvalue weighted by Crippen LogP contribution is -2.41. The van der Waals surface area contributed by atoms with E-state index in [1.165, 1.54) is 62.5 Å². The first kappa shape index (κ1) is 111. The SMILES string of the molecule is CC(=O)[C@H](C)CP(=O)(OC[C@H]1O[C@@H](n2ccc(=O)[nH]c2=O)C(Cl)(Cl)[C@H]1O)Oc1ccccc1.CC(=O)[C@H](C)CP(=O)(OC[C@H]1O[C@@H](n2ccc(N)nc2=O)C(Cl)(Cl)[C@H]1O)Oc1ccccc1.CC(=O)[C@H](C)CP(=O)(OC[C@H]1O[C@@H](n2ccc3c(N)ncnc32)C(Cl)(Cl)[C@H]1O)Oc1ccccc1.Nc1ccn([C@@H]2O[C@H](CO)[C@H](O)C2(Cl)Cl)c(=O)n1.Nc1ncnc2c1ccn2[C@@H]1O[C@H](CO)[C@H](O)C1(Cl)Cl. The van der Waals surface area contributed by atoms with Crippen molar-refractivity contribution in [3.05, 3.63) is 207 Å². The van der Waals surface area contributed by atoms with Crippen LogP contribution in [-0.4, -0.2) is 245 Å². The lowest BCUT2D eigenvalue weighted by Gasteiger charge is -2.24. The number of ether oxygens (including phenoxy) is 5. The maximum Gasteiger partial charge on any atom is 0.379 e. The molecule has 5 aliphatic heterocycles. The van der Waals surface area contributed by atoms with Crippen molar-refractivity contribution >= 4 is 201 Å². The van der Waals surface area contributed by atoms with Crippen molar-refractivity contribution in [2.45, 2.75) is 155 Å². The van der Waals surface area contributed by atoms with Crippen molar-refractivity contribution in [3.63, 3.8) is 0 Å². The summed E-state index contributed by atoms with van der Waals surface area (Å²) in [4.78, 5) is 108. The van der Waals surface area contributed by atoms with Gasteiger partial charge in [-0.3, -0.25) is 51.4 Å². The number of fused-ring (bicyclic) bond motifs is 2. The van der Waals surface area contributed by atoms with Gasteiger partial charge in [0.05, 0.1) is 62.3 Å². The highest BCUT2D eigenvalue weighted by Gasteiger charge is 2.61. The largest absolute Gasteiger partial charge is 0.424 e. The number of hydrogen-bond donors (Lipinski definition) is 12. The summed E-state index contributed by atoms with van der Waals surface area (Å²) in [7, 11) is -11.6. The van der Waals surface area contributed by atoms with Crippen LogP contribution in [0.2, 0.25) is 0 Å². The standard InChI is InChI=1S/C22H25Cl2N4O6P.C20H24Cl2N3O7P.C20H23Cl2N2O8P.C11H12Cl2N4O3.C9H11Cl2N3O4/c1-13(14(2)29)11-35(31,34-15-6-4-3-5-7-15)32-10-17-18(30)22(23,24)21(33-17)28-9-8-16-19(25)26-12-27-20(16)28;1-12(13(2)26)11-33(29,32-14-6-4-3-5-7-14)30-10-15-17(27)20(21,22)18(31-15)25-9-8-16(23)24-19(25)28;1-12(13(2)25)11-33(29,32-14-6-4-3-5-7-14)30-10-15-17(27)20(21,22)18(31-15)24-9-8-16(26)23-19(24)28;12-11(13)7(19)6(3-18)20-10(11)17-2-1-5-8(14)15-4-16-9(5)17;10-9(11)6(16)4(3-15)18-7(9)14-2-1-5(12)13-8(14)17/h3-9,12-13,17-18,21,30H,10-11H2,1-2H3,(H2,25,26,27);3-9,12,15,17-18,27H,10-11H2,1-2H3,(H2,23,24,28);3-9,12,15,17-18,27H,10-11H2,1-2H3,(H,23,26,28);1-2,4,6-7,10,18-19H,3H2,(H2,14,15,16);1-2,4,6-7,15-16H,3H2,(H2,12,13,17)/t13-,17-,18+,21-,35?;2*12-,15-,17+,18-,33?;6-,7+,10-;4-,6+,7-/m11111/s1. The number of carbonyl (C=O) groups excluding carboxylic acids is 3. The molecule has 0 amide bonds. The topological polar surface area (TPSA) is 636 Å². The number of alkyl halides is 10. The maximum atomic E-state index is 13.6. The van der Waals surface area contributed by atoms with Gasteiger partial charge in [0.1, 0.15) is 143 Å². The Morgan fingerprint density at radius 3 is 0.942 bits per heavy atom. The number of aromatic amines is 1. The van der Waals surface area contributed by atoms with Gasteiger partial charge in [-0.15, -0.1) is 0 Å². The van der Waals surface area contributed by atoms with Crippen molar-refractivity contribution in [1.82, 2.24) is 57.7 Å². The van der Waals surface area contributed by atoms with E-state index in [1.807, 2.05) is 4.98 Å². The van der Waals surface area contributed by atoms with Gasteiger partial charge in [0.15, 0.2) is 52.8 Å². The van der Waals surface area contributed by atoms with E-state index >= 15 is 0 Å². The molecular weight excluding hydrogens is 2100 g/mol. The Hall–Kier alpha value is -8.06. The molecule has 0 aliphatic carbocycles. The van der Waals surface area contributed by atoms with E-state index in [1.54, 1.807) is 141 Å². The number of rotatable bonds is 31. The minimum Gasteiger partial charge on any atom is -0.424 e. The van der Waals surface area contributed by atoms with Crippen LogP contribution in [0.25, 0.3) is 22.1 Å². The van der Waals surface area contributed by atoms with E-state index in [0.717, 1.165) is 26.0 Å². The third-order valence-corrected chi connectivity index (χ3v) is 32.2. The zero-order valence-corrected chi connectivity index (χ0v) is 83.9. The predicted octanol–water partition coefficient (Wildman–Crippen LogP) is 8.90. The summed E-state index contributed by atoms with van der Waals surface area (Å²) in [5.74, 6) is -0.883. The number of ketones is 3. The van der Waals surface area contributed by atoms with Crippen LogP contribution in [0.1, 0.15) is 72.7 Å². The van der Waals surface area contributed by atoms with Crippen LogP contribution in [0.15, 0.2) is 184 Å². The summed E-state index contributed by atoms with van der Waals surface area (Å²) in [6.07, 6.45) is -9.14. The van der Waals surface area contributed by atoms with E-state index in [4.69, 9.17) is 195 Å². The van der Waals surface area contributed by atoms with Crippen LogP contribution >= 0.6 is 139 Å². The number of nitrogens with one attached hydrogen (secondary N) is 1. The molecule has 139 heavy (non-hydrogen) atoms. The average molecular weight is 2200 g/mol. The molecule has 5 fully saturated rings. The van der Waals surface area contributed by atoms with Crippen molar-refractivity contribution in [2.24, 2.45) is 17.8 Å². The molecule has 12 heterocycles. The number of nitrogens with two attached hydrogens (primary N) is 4. The summed E-state index contributed by atoms with van der Waals surface area (Å²) in [5, 5.41) is 71.3. The molecule has 16 N–H and O–H groups in total. The number of hydrogen-bond acceptors (Lipinski definition) is 38. The van der Waals surface area contributed by atoms with E-state index in [-0.39, 0.29) is 71.4 Å². The van der Waals surface area contributed by atoms with Gasteiger partial charge in [-0.2, -0.15) is 9.97 Å². The van der Waals surface area contributed by atoms with Gasteiger partial charge >= 0.3 is 39.9 Å². The number of aliphatic hydroxyl groups excluding tert-OH is 7. The lowest BCUT2D eigenvalue weighted by molar-refractivity contribution is -0.120. The second kappa shape index (κ2) is 46.3. The minimum atomic E-state index is -3.89. The molecule has 15 rings (SSSR count). The molecule has 44 nitrogen and oxygen atoms in total. The molecule has 0 saturated carbocycles. The maximum absolute atomic E-state index is 13.6. The molecule has 756 valence electrons. The predicted molar refractivity (Wildman–Crippen MR) is 513 cm³/mol. The van der Waals surface area contributed by atoms with Crippen molar-refractivity contribution in [3.8, 4) is 17.2 Å². The summed E-state index contributed by atoms with van der Waals surface area (Å²) >= 11 is 62.4. The Balaban J connectivity index is 0.000000170. The van der Waals surface area contributed by atoms with Gasteiger partial charge in [-0.1, -0.05) is 191 Å². The number of Topliss-reactive ketones (excluding diaryl/α,β-unsaturated/α-hetero) is 3. The Morgan fingerprint density at radius 1 is 0.403 bits per heavy atom. The van der Waals surface area contributed by atoms with E-state index in [0.29, 0.717) is 33.6 Å². The third kappa shape index (κ3) is 26.2. The molecule has 7 aromatic heterocycles. The van der Waals surface area contributed by atoms with Crippen molar-refractivity contribution in [2.75, 3.05) is 74.5 Å². The Bertz CT molecular complexity index is 6370. The van der Waals surface area contributed by atoms with Gasteiger partial charge in [-0.05, 0) is 81.4 Å². The number of aromatic nitrogens is 12. The van der Waals surface area contributed by atoms with Gasteiger partial charge in [0.2, 0.25) is 0 Å². The highest BCUT2D eigenvalue weighted by atomic mass is 35.5. The molecule has 5 saturated heterocycles. The Kier molecular flexibility index (Phi) is 37.1. The number of carbonyl (C=O) groups is 3. The highest BCUT2D eigenvalue weighted by Crippen LogP contribution is 2.58. The molecule has 10 aromatic rings. The number of para-hydroxylation sites is 3. The molecule has 0 spiro atoms. The highest BCUT2D eigenvalue weighted by molar-refractivity contribution is 7.55. The Labute approximate surface area is 839 Å². The van der Waals surface area contributed by atoms with Crippen LogP contribution in [-0.2, 0) is 65.3 Å². The quantitative estimate of drug-likeness (QED) is 0.0142. The van der Waals surface area contributed by atoms with Crippen LogP contribution in [0.3, 0.4) is 0 Å². The van der Waals surface area contributed by atoms with E-state index in [9.17, 15) is 77.9 Å². The summed E-state index contributed by atoms with van der Waals surface area (Å²) in [6.45, 7) is 6.84. The summed E-state index contributed by atoms with van der Waals surface area (Å²) < 4.78 is 99.3. The average Bonchev–Trinajstić information content (AvgIpc) is 1.52. The molecule has 21 atom stereocenters. The van der Waals surface area contributed by atoms with Crippen molar-refractivity contribution in [1.29, 1.82) is 0 Å². The lowest BCUT2D eigenvalue weighted by atomic mass is 10.1. The molecule has 57 heteroatoms. The Morgan fingerprint density at radius 2 is 0.669 bits per heavy atom. The number of anilines is 4. The zero-order valence-electron chi connectivity index (χ0n) is 73.7. The van der Waals surface area contributed by atoms with Crippen molar-refractivity contribution < 1.29 is 115 Å². The zero-order chi connectivity index (χ0) is 102. The van der Waals surface area contributed by atoms with Gasteiger partial charge in [-0.25, -0.2) is 48.0 Å². The smallest absolute Gasteiger partial charge is 0.379 e. The second-order valence-corrected chi connectivity index (χ2v) is 45.5. The number of halogens is 10. The normalized spacial score (nSPS) is 26.0. The van der Waals surface area contributed by atoms with Crippen LogP contribution in [0.5, 0.6) is 17.2 Å².